The number of benzene rings is 1. The van der Waals surface area contributed by atoms with Crippen LogP contribution in [0.2, 0.25) is 0 Å². The summed E-state index contributed by atoms with van der Waals surface area (Å²) in [5, 5.41) is 0. The summed E-state index contributed by atoms with van der Waals surface area (Å²) in [6.07, 6.45) is 3.24. The second-order valence-electron chi connectivity index (χ2n) is 5.96. The zero-order valence-electron chi connectivity index (χ0n) is 13.0. The summed E-state index contributed by atoms with van der Waals surface area (Å²) in [6.45, 7) is 4.68. The minimum atomic E-state index is -3.41. The van der Waals surface area contributed by atoms with Gasteiger partial charge < -0.3 is 4.57 Å². The van der Waals surface area contributed by atoms with Gasteiger partial charge in [0.1, 0.15) is 0 Å². The lowest BCUT2D eigenvalue weighted by molar-refractivity contribution is 0.581. The average molecular weight is 318 g/mol. The number of rotatable bonds is 6. The summed E-state index contributed by atoms with van der Waals surface area (Å²) in [4.78, 5) is 0.318. The van der Waals surface area contributed by atoms with Gasteiger partial charge in [-0.15, -0.1) is 0 Å². The summed E-state index contributed by atoms with van der Waals surface area (Å²) < 4.78 is 29.4. The fourth-order valence-electron chi connectivity index (χ4n) is 3.00. The van der Waals surface area contributed by atoms with E-state index in [1.807, 2.05) is 6.07 Å². The zero-order valence-corrected chi connectivity index (χ0v) is 13.9. The minimum absolute atomic E-state index is 0.318. The first kappa shape index (κ1) is 15.3. The van der Waals surface area contributed by atoms with Gasteiger partial charge in [0.25, 0.3) is 0 Å². The average Bonchev–Trinajstić information content (AvgIpc) is 3.27. The van der Waals surface area contributed by atoms with E-state index in [0.717, 1.165) is 6.42 Å². The third-order valence-electron chi connectivity index (χ3n) is 4.24. The molecule has 118 valence electrons. The quantitative estimate of drug-likeness (QED) is 0.890. The molecule has 0 atom stereocenters. The van der Waals surface area contributed by atoms with Gasteiger partial charge >= 0.3 is 0 Å². The maximum absolute atomic E-state index is 12.2. The molecular formula is C17H22N2O2S. The van der Waals surface area contributed by atoms with Crippen molar-refractivity contribution in [2.45, 2.75) is 44.0 Å². The van der Waals surface area contributed by atoms with E-state index in [2.05, 4.69) is 29.2 Å². The van der Waals surface area contributed by atoms with Crippen LogP contribution in [-0.4, -0.2) is 19.5 Å². The van der Waals surface area contributed by atoms with E-state index in [4.69, 9.17) is 0 Å². The van der Waals surface area contributed by atoms with Crippen molar-refractivity contribution < 1.29 is 8.42 Å². The standard InChI is InChI=1S/C17H22N2O2S/c1-13-12-15(14(2)19(13)16-8-9-16)10-11-18-22(20,21)17-6-4-3-5-7-17/h3-7,12,16,18H,8-11H2,1-2H3. The number of hydrogen-bond donors (Lipinski definition) is 1. The summed E-state index contributed by atoms with van der Waals surface area (Å²) in [5.74, 6) is 0. The Labute approximate surface area is 132 Å². The monoisotopic (exact) mass is 318 g/mol. The van der Waals surface area contributed by atoms with Crippen LogP contribution >= 0.6 is 0 Å². The van der Waals surface area contributed by atoms with Gasteiger partial charge in [0.2, 0.25) is 10.0 Å². The Bertz CT molecular complexity index is 759. The smallest absolute Gasteiger partial charge is 0.240 e. The topological polar surface area (TPSA) is 51.1 Å². The van der Waals surface area contributed by atoms with E-state index in [1.54, 1.807) is 24.3 Å². The lowest BCUT2D eigenvalue weighted by Gasteiger charge is -2.09. The number of aromatic nitrogens is 1. The van der Waals surface area contributed by atoms with Crippen molar-refractivity contribution in [1.29, 1.82) is 0 Å². The van der Waals surface area contributed by atoms with Gasteiger partial charge in [-0.05, 0) is 56.9 Å². The normalized spacial score (nSPS) is 15.2. The molecular weight excluding hydrogens is 296 g/mol. The highest BCUT2D eigenvalue weighted by molar-refractivity contribution is 7.89. The molecule has 3 rings (SSSR count). The van der Waals surface area contributed by atoms with Gasteiger partial charge in [-0.3, -0.25) is 0 Å². The Hall–Kier alpha value is -1.59. The summed E-state index contributed by atoms with van der Waals surface area (Å²) in [5.41, 5.74) is 3.79. The SMILES string of the molecule is Cc1cc(CCNS(=O)(=O)c2ccccc2)c(C)n1C1CC1. The van der Waals surface area contributed by atoms with Gasteiger partial charge in [0.15, 0.2) is 0 Å². The fraction of sp³-hybridized carbons (Fsp3) is 0.412. The zero-order chi connectivity index (χ0) is 15.7. The molecule has 1 fully saturated rings. The van der Waals surface area contributed by atoms with Crippen LogP contribution in [0.1, 0.15) is 35.8 Å². The van der Waals surface area contributed by atoms with Crippen molar-refractivity contribution in [3.63, 3.8) is 0 Å². The van der Waals surface area contributed by atoms with E-state index in [0.29, 0.717) is 17.5 Å². The third kappa shape index (κ3) is 3.10. The number of aryl methyl sites for hydroxylation is 1. The predicted molar refractivity (Wildman–Crippen MR) is 87.5 cm³/mol. The van der Waals surface area contributed by atoms with E-state index < -0.39 is 10.0 Å². The molecule has 0 saturated heterocycles. The van der Waals surface area contributed by atoms with Crippen LogP contribution in [0.3, 0.4) is 0 Å². The molecule has 1 saturated carbocycles. The third-order valence-corrected chi connectivity index (χ3v) is 5.72. The Kier molecular flexibility index (Phi) is 4.10. The molecule has 5 heteroatoms. The number of hydrogen-bond acceptors (Lipinski definition) is 2. The lowest BCUT2D eigenvalue weighted by Crippen LogP contribution is -2.26. The van der Waals surface area contributed by atoms with E-state index in [1.165, 1.54) is 29.8 Å². The molecule has 1 aliphatic rings. The largest absolute Gasteiger partial charge is 0.346 e. The molecule has 0 bridgehead atoms. The van der Waals surface area contributed by atoms with Gasteiger partial charge in [-0.2, -0.15) is 0 Å². The second kappa shape index (κ2) is 5.89. The van der Waals surface area contributed by atoms with Crippen molar-refractivity contribution in [3.05, 3.63) is 53.3 Å². The summed E-state index contributed by atoms with van der Waals surface area (Å²) in [6, 6.07) is 11.4. The maximum Gasteiger partial charge on any atom is 0.240 e. The molecule has 0 unspecified atom stereocenters. The molecule has 2 aromatic rings. The first-order valence-corrected chi connectivity index (χ1v) is 9.19. The molecule has 0 spiro atoms. The van der Waals surface area contributed by atoms with E-state index in [9.17, 15) is 8.42 Å². The van der Waals surface area contributed by atoms with Gasteiger partial charge in [-0.25, -0.2) is 13.1 Å². The summed E-state index contributed by atoms with van der Waals surface area (Å²) >= 11 is 0. The van der Waals surface area contributed by atoms with Crippen LogP contribution in [0.15, 0.2) is 41.3 Å². The van der Waals surface area contributed by atoms with Crippen molar-refractivity contribution >= 4 is 10.0 Å². The van der Waals surface area contributed by atoms with E-state index in [-0.39, 0.29) is 0 Å². The molecule has 22 heavy (non-hydrogen) atoms. The Morgan fingerprint density at radius 2 is 1.86 bits per heavy atom. The van der Waals surface area contributed by atoms with Crippen LogP contribution in [-0.2, 0) is 16.4 Å². The number of sulfonamides is 1. The minimum Gasteiger partial charge on any atom is -0.346 e. The fourth-order valence-corrected chi connectivity index (χ4v) is 4.05. The molecule has 4 nitrogen and oxygen atoms in total. The molecule has 1 aromatic carbocycles. The first-order valence-electron chi connectivity index (χ1n) is 7.71. The number of nitrogens with one attached hydrogen (secondary N) is 1. The van der Waals surface area contributed by atoms with E-state index >= 15 is 0 Å². The van der Waals surface area contributed by atoms with Crippen molar-refractivity contribution in [2.75, 3.05) is 6.54 Å². The highest BCUT2D eigenvalue weighted by Crippen LogP contribution is 2.38. The van der Waals surface area contributed by atoms with Crippen LogP contribution in [0.4, 0.5) is 0 Å². The molecule has 1 N–H and O–H groups in total. The molecule has 1 heterocycles. The van der Waals surface area contributed by atoms with Crippen molar-refractivity contribution in [3.8, 4) is 0 Å². The van der Waals surface area contributed by atoms with Crippen LogP contribution in [0, 0.1) is 13.8 Å². The van der Waals surface area contributed by atoms with Crippen LogP contribution in [0.25, 0.3) is 0 Å². The van der Waals surface area contributed by atoms with Gasteiger partial charge in [-0.1, -0.05) is 18.2 Å². The van der Waals surface area contributed by atoms with Gasteiger partial charge in [0, 0.05) is 24.0 Å². The Balaban J connectivity index is 1.65. The van der Waals surface area contributed by atoms with Crippen molar-refractivity contribution in [2.24, 2.45) is 0 Å². The first-order chi connectivity index (χ1) is 10.5. The molecule has 1 aromatic heterocycles. The highest BCUT2D eigenvalue weighted by Gasteiger charge is 2.26. The Morgan fingerprint density at radius 3 is 2.50 bits per heavy atom. The lowest BCUT2D eigenvalue weighted by atomic mass is 10.2. The predicted octanol–water partition coefficient (Wildman–Crippen LogP) is 2.96. The maximum atomic E-state index is 12.2. The molecule has 1 aliphatic carbocycles. The molecule has 0 amide bonds. The van der Waals surface area contributed by atoms with Gasteiger partial charge in [0.05, 0.1) is 4.90 Å². The highest BCUT2D eigenvalue weighted by atomic mass is 32.2. The number of nitrogens with zero attached hydrogens (tertiary/aromatic N) is 1. The van der Waals surface area contributed by atoms with Crippen molar-refractivity contribution in [1.82, 2.24) is 9.29 Å². The van der Waals surface area contributed by atoms with Crippen LogP contribution < -0.4 is 4.72 Å². The van der Waals surface area contributed by atoms with Crippen LogP contribution in [0.5, 0.6) is 0 Å². The molecule has 0 aliphatic heterocycles. The Morgan fingerprint density at radius 1 is 1.18 bits per heavy atom. The second-order valence-corrected chi connectivity index (χ2v) is 7.73. The molecule has 0 radical (unpaired) electrons. The summed E-state index contributed by atoms with van der Waals surface area (Å²) in [7, 11) is -3.41.